The van der Waals surface area contributed by atoms with Crippen molar-refractivity contribution >= 4 is 5.97 Å². The van der Waals surface area contributed by atoms with Crippen LogP contribution in [-0.4, -0.2) is 5.97 Å². The topological polar surface area (TPSA) is 26.3 Å². The van der Waals surface area contributed by atoms with Crippen molar-refractivity contribution in [3.8, 4) is 0 Å². The average molecular weight is 487 g/mol. The second-order valence-corrected chi connectivity index (χ2v) is 11.1. The minimum Gasteiger partial charge on any atom is -0.461 e. The second-order valence-electron chi connectivity index (χ2n) is 11.1. The van der Waals surface area contributed by atoms with E-state index in [1.807, 2.05) is 30.3 Å². The van der Waals surface area contributed by atoms with Crippen molar-refractivity contribution in [1.29, 1.82) is 0 Å². The van der Waals surface area contributed by atoms with Crippen LogP contribution in [0.4, 0.5) is 0 Å². The Morgan fingerprint density at radius 1 is 0.571 bits per heavy atom. The Labute approximate surface area is 219 Å². The van der Waals surface area contributed by atoms with Crippen molar-refractivity contribution < 1.29 is 9.53 Å². The minimum absolute atomic E-state index is 0.0586. The summed E-state index contributed by atoms with van der Waals surface area (Å²) in [5.41, 5.74) is 1.06. The van der Waals surface area contributed by atoms with Gasteiger partial charge in [0.1, 0.15) is 6.61 Å². The van der Waals surface area contributed by atoms with Crippen LogP contribution in [0.2, 0.25) is 0 Å². The molecule has 0 saturated carbocycles. The Balaban J connectivity index is 1.69. The summed E-state index contributed by atoms with van der Waals surface area (Å²) in [5, 5.41) is 0. The van der Waals surface area contributed by atoms with Crippen molar-refractivity contribution in [2.24, 2.45) is 5.92 Å². The Morgan fingerprint density at radius 3 is 1.34 bits per heavy atom. The number of esters is 1. The molecular formula is C33H58O2. The Bertz CT molecular complexity index is 566. The van der Waals surface area contributed by atoms with Gasteiger partial charge in [-0.25, -0.2) is 0 Å². The van der Waals surface area contributed by atoms with Crippen LogP contribution in [-0.2, 0) is 16.1 Å². The first-order valence-corrected chi connectivity index (χ1v) is 15.4. The molecule has 0 unspecified atom stereocenters. The zero-order valence-corrected chi connectivity index (χ0v) is 23.5. The van der Waals surface area contributed by atoms with Crippen LogP contribution in [0, 0.1) is 5.92 Å². The van der Waals surface area contributed by atoms with E-state index in [0.29, 0.717) is 13.0 Å². The first-order chi connectivity index (χ1) is 17.2. The number of carbonyl (C=O) groups is 1. The highest BCUT2D eigenvalue weighted by molar-refractivity contribution is 5.69. The van der Waals surface area contributed by atoms with Crippen molar-refractivity contribution in [3.63, 3.8) is 0 Å². The molecule has 0 aliphatic carbocycles. The van der Waals surface area contributed by atoms with Gasteiger partial charge in [-0.1, -0.05) is 173 Å². The van der Waals surface area contributed by atoms with Crippen LogP contribution in [0.3, 0.4) is 0 Å². The maximum absolute atomic E-state index is 11.8. The highest BCUT2D eigenvalue weighted by atomic mass is 16.5. The lowest BCUT2D eigenvalue weighted by molar-refractivity contribution is -0.145. The predicted molar refractivity (Wildman–Crippen MR) is 153 cm³/mol. The van der Waals surface area contributed by atoms with E-state index < -0.39 is 0 Å². The van der Waals surface area contributed by atoms with E-state index >= 15 is 0 Å². The molecule has 0 aromatic heterocycles. The number of unbranched alkanes of at least 4 members (excludes halogenated alkanes) is 19. The lowest BCUT2D eigenvalue weighted by Gasteiger charge is -2.05. The minimum atomic E-state index is -0.0586. The maximum atomic E-state index is 11.8. The molecule has 0 aliphatic heterocycles. The fraction of sp³-hybridized carbons (Fsp3) is 0.788. The van der Waals surface area contributed by atoms with Gasteiger partial charge in [0.25, 0.3) is 0 Å². The number of benzene rings is 1. The van der Waals surface area contributed by atoms with E-state index in [0.717, 1.165) is 24.3 Å². The summed E-state index contributed by atoms with van der Waals surface area (Å²) in [6, 6.07) is 9.92. The first-order valence-electron chi connectivity index (χ1n) is 15.4. The summed E-state index contributed by atoms with van der Waals surface area (Å²) < 4.78 is 5.34. The van der Waals surface area contributed by atoms with Gasteiger partial charge in [0.15, 0.2) is 0 Å². The molecule has 0 heterocycles. The molecule has 0 amide bonds. The Hall–Kier alpha value is -1.31. The standard InChI is InChI=1S/C33H58O2/c1-31(2)26-22-19-17-15-13-11-9-7-5-3-4-6-8-10-12-14-16-18-20-25-29-33(34)35-30-32-27-23-21-24-28-32/h21,23-24,27-28,31H,3-20,22,25-26,29-30H2,1-2H3. The highest BCUT2D eigenvalue weighted by Crippen LogP contribution is 2.16. The molecule has 0 N–H and O–H groups in total. The molecule has 35 heavy (non-hydrogen) atoms. The lowest BCUT2D eigenvalue weighted by atomic mass is 10.0. The zero-order chi connectivity index (χ0) is 25.2. The van der Waals surface area contributed by atoms with Crippen LogP contribution < -0.4 is 0 Å². The SMILES string of the molecule is CC(C)CCCCCCCCCCCCCCCCCCCCCCC(=O)OCc1ccccc1. The lowest BCUT2D eigenvalue weighted by Crippen LogP contribution is -2.04. The van der Waals surface area contributed by atoms with Crippen LogP contribution in [0.15, 0.2) is 30.3 Å². The third-order valence-electron chi connectivity index (χ3n) is 7.16. The number of rotatable bonds is 25. The second kappa shape index (κ2) is 24.4. The molecule has 0 aliphatic rings. The Kier molecular flexibility index (Phi) is 22.1. The average Bonchev–Trinajstić information content (AvgIpc) is 2.86. The van der Waals surface area contributed by atoms with Gasteiger partial charge >= 0.3 is 5.97 Å². The monoisotopic (exact) mass is 486 g/mol. The number of hydrogen-bond acceptors (Lipinski definition) is 2. The van der Waals surface area contributed by atoms with Crippen molar-refractivity contribution in [2.75, 3.05) is 0 Å². The van der Waals surface area contributed by atoms with Gasteiger partial charge < -0.3 is 4.74 Å². The van der Waals surface area contributed by atoms with Gasteiger partial charge in [-0.2, -0.15) is 0 Å². The molecule has 1 aromatic rings. The van der Waals surface area contributed by atoms with Crippen LogP contribution >= 0.6 is 0 Å². The molecular weight excluding hydrogens is 428 g/mol. The molecule has 2 nitrogen and oxygen atoms in total. The van der Waals surface area contributed by atoms with Gasteiger partial charge in [-0.05, 0) is 17.9 Å². The summed E-state index contributed by atoms with van der Waals surface area (Å²) in [6.45, 7) is 5.07. The molecule has 0 bridgehead atoms. The smallest absolute Gasteiger partial charge is 0.306 e. The van der Waals surface area contributed by atoms with Gasteiger partial charge in [-0.15, -0.1) is 0 Å². The molecule has 0 fully saturated rings. The van der Waals surface area contributed by atoms with Crippen LogP contribution in [0.1, 0.15) is 161 Å². The quantitative estimate of drug-likeness (QED) is 0.101. The maximum Gasteiger partial charge on any atom is 0.306 e. The number of hydrogen-bond donors (Lipinski definition) is 0. The van der Waals surface area contributed by atoms with E-state index in [9.17, 15) is 4.79 Å². The van der Waals surface area contributed by atoms with Crippen molar-refractivity contribution in [1.82, 2.24) is 0 Å². The summed E-state index contributed by atoms with van der Waals surface area (Å²) in [6.07, 6.45) is 29.6. The van der Waals surface area contributed by atoms with Gasteiger partial charge in [0.05, 0.1) is 0 Å². The van der Waals surface area contributed by atoms with E-state index in [1.165, 1.54) is 122 Å². The number of carbonyl (C=O) groups excluding carboxylic acids is 1. The molecule has 1 aromatic carbocycles. The molecule has 0 radical (unpaired) electrons. The van der Waals surface area contributed by atoms with E-state index in [1.54, 1.807) is 0 Å². The van der Waals surface area contributed by atoms with Gasteiger partial charge in [0.2, 0.25) is 0 Å². The summed E-state index contributed by atoms with van der Waals surface area (Å²) in [7, 11) is 0. The molecule has 1 rings (SSSR count). The van der Waals surface area contributed by atoms with Crippen molar-refractivity contribution in [3.05, 3.63) is 35.9 Å². The van der Waals surface area contributed by atoms with Crippen LogP contribution in [0.25, 0.3) is 0 Å². The predicted octanol–water partition coefficient (Wildman–Crippen LogP) is 11.0. The fourth-order valence-corrected chi connectivity index (χ4v) is 4.81. The first kappa shape index (κ1) is 31.7. The highest BCUT2D eigenvalue weighted by Gasteiger charge is 2.03. The molecule has 0 saturated heterocycles. The van der Waals surface area contributed by atoms with E-state index in [2.05, 4.69) is 13.8 Å². The van der Waals surface area contributed by atoms with Crippen LogP contribution in [0.5, 0.6) is 0 Å². The van der Waals surface area contributed by atoms with Crippen molar-refractivity contribution in [2.45, 2.75) is 162 Å². The summed E-state index contributed by atoms with van der Waals surface area (Å²) in [4.78, 5) is 11.8. The molecule has 0 atom stereocenters. The van der Waals surface area contributed by atoms with E-state index in [-0.39, 0.29) is 5.97 Å². The molecule has 0 spiro atoms. The Morgan fingerprint density at radius 2 is 0.943 bits per heavy atom. The summed E-state index contributed by atoms with van der Waals surface area (Å²) >= 11 is 0. The van der Waals surface area contributed by atoms with Gasteiger partial charge in [0, 0.05) is 6.42 Å². The summed E-state index contributed by atoms with van der Waals surface area (Å²) in [5.74, 6) is 0.823. The third kappa shape index (κ3) is 22.9. The fourth-order valence-electron chi connectivity index (χ4n) is 4.81. The van der Waals surface area contributed by atoms with E-state index in [4.69, 9.17) is 4.74 Å². The normalized spacial score (nSPS) is 11.3. The zero-order valence-electron chi connectivity index (χ0n) is 23.5. The largest absolute Gasteiger partial charge is 0.461 e. The number of ether oxygens (including phenoxy) is 1. The molecule has 2 heteroatoms. The van der Waals surface area contributed by atoms with Gasteiger partial charge in [-0.3, -0.25) is 4.79 Å². The molecule has 202 valence electrons. The third-order valence-corrected chi connectivity index (χ3v) is 7.16.